The van der Waals surface area contributed by atoms with Crippen LogP contribution in [0.2, 0.25) is 0 Å². The number of aromatic hydroxyl groups is 3. The lowest BCUT2D eigenvalue weighted by Crippen LogP contribution is -1.87. The van der Waals surface area contributed by atoms with Gasteiger partial charge in [-0.25, -0.2) is 0 Å². The normalized spacial score (nSPS) is 11.4. The molecule has 98 valence electrons. The standard InChI is InChI=1S/C15H20O3/c1-9(2)6-5-7-10(3)13-12(16)8-11(4)14(17)15(13)18/h6-8,16-18H,5H2,1-4H3. The molecule has 0 aliphatic rings. The molecule has 3 heteroatoms. The smallest absolute Gasteiger partial charge is 0.169 e. The molecule has 0 aliphatic heterocycles. The summed E-state index contributed by atoms with van der Waals surface area (Å²) in [7, 11) is 0. The SMILES string of the molecule is CC(C)=CCC=C(C)c1c(O)cc(C)c(O)c1O. The molecule has 0 bridgehead atoms. The Balaban J connectivity index is 3.17. The zero-order chi connectivity index (χ0) is 13.9. The van der Waals surface area contributed by atoms with Crippen LogP contribution in [-0.2, 0) is 0 Å². The van der Waals surface area contributed by atoms with Gasteiger partial charge in [0.1, 0.15) is 5.75 Å². The first kappa shape index (κ1) is 14.2. The van der Waals surface area contributed by atoms with Crippen molar-refractivity contribution in [3.63, 3.8) is 0 Å². The maximum absolute atomic E-state index is 9.87. The molecule has 0 aliphatic carbocycles. The lowest BCUT2D eigenvalue weighted by Gasteiger charge is -2.11. The molecule has 0 spiro atoms. The van der Waals surface area contributed by atoms with Gasteiger partial charge in [0.2, 0.25) is 0 Å². The average Bonchev–Trinajstić information content (AvgIpc) is 2.25. The second kappa shape index (κ2) is 5.63. The van der Waals surface area contributed by atoms with E-state index in [4.69, 9.17) is 0 Å². The van der Waals surface area contributed by atoms with Crippen LogP contribution >= 0.6 is 0 Å². The van der Waals surface area contributed by atoms with Gasteiger partial charge in [0.15, 0.2) is 11.5 Å². The highest BCUT2D eigenvalue weighted by atomic mass is 16.3. The molecule has 0 saturated heterocycles. The predicted molar refractivity (Wildman–Crippen MR) is 73.9 cm³/mol. The number of aryl methyl sites for hydroxylation is 1. The number of benzene rings is 1. The van der Waals surface area contributed by atoms with Gasteiger partial charge in [-0.3, -0.25) is 0 Å². The fourth-order valence-corrected chi connectivity index (χ4v) is 1.73. The van der Waals surface area contributed by atoms with Gasteiger partial charge in [-0.05, 0) is 51.3 Å². The fraction of sp³-hybridized carbons (Fsp3) is 0.333. The highest BCUT2D eigenvalue weighted by molar-refractivity contribution is 5.77. The van der Waals surface area contributed by atoms with E-state index < -0.39 is 0 Å². The third-order valence-electron chi connectivity index (χ3n) is 2.79. The van der Waals surface area contributed by atoms with Gasteiger partial charge in [-0.2, -0.15) is 0 Å². The largest absolute Gasteiger partial charge is 0.507 e. The fourth-order valence-electron chi connectivity index (χ4n) is 1.73. The summed E-state index contributed by atoms with van der Waals surface area (Å²) in [6, 6.07) is 1.45. The second-order valence-corrected chi connectivity index (χ2v) is 4.69. The van der Waals surface area contributed by atoms with E-state index in [9.17, 15) is 15.3 Å². The molecule has 1 aromatic carbocycles. The van der Waals surface area contributed by atoms with Gasteiger partial charge in [-0.15, -0.1) is 0 Å². The van der Waals surface area contributed by atoms with Crippen LogP contribution in [0.25, 0.3) is 5.57 Å². The van der Waals surface area contributed by atoms with Gasteiger partial charge in [0.25, 0.3) is 0 Å². The van der Waals surface area contributed by atoms with Gasteiger partial charge in [0.05, 0.1) is 5.56 Å². The quantitative estimate of drug-likeness (QED) is 0.432. The highest BCUT2D eigenvalue weighted by Crippen LogP contribution is 2.42. The molecule has 0 atom stereocenters. The Hall–Kier alpha value is -1.90. The van der Waals surface area contributed by atoms with Crippen molar-refractivity contribution in [1.82, 2.24) is 0 Å². The first-order valence-electron chi connectivity index (χ1n) is 5.89. The van der Waals surface area contributed by atoms with Crippen molar-refractivity contribution in [2.24, 2.45) is 0 Å². The molecule has 1 rings (SSSR count). The number of hydrogen-bond acceptors (Lipinski definition) is 3. The Kier molecular flexibility index (Phi) is 4.43. The van der Waals surface area contributed by atoms with Crippen molar-refractivity contribution in [1.29, 1.82) is 0 Å². The lowest BCUT2D eigenvalue weighted by atomic mass is 10.0. The Morgan fingerprint density at radius 3 is 2.22 bits per heavy atom. The third-order valence-corrected chi connectivity index (χ3v) is 2.79. The van der Waals surface area contributed by atoms with E-state index in [1.54, 1.807) is 13.8 Å². The molecule has 3 N–H and O–H groups in total. The van der Waals surface area contributed by atoms with Crippen LogP contribution < -0.4 is 0 Å². The topological polar surface area (TPSA) is 60.7 Å². The zero-order valence-corrected chi connectivity index (χ0v) is 11.3. The maximum atomic E-state index is 9.87. The van der Waals surface area contributed by atoms with E-state index in [2.05, 4.69) is 0 Å². The Morgan fingerprint density at radius 1 is 1.06 bits per heavy atom. The summed E-state index contributed by atoms with van der Waals surface area (Å²) < 4.78 is 0. The first-order chi connectivity index (χ1) is 8.34. The van der Waals surface area contributed by atoms with Crippen molar-refractivity contribution in [2.45, 2.75) is 34.1 Å². The van der Waals surface area contributed by atoms with Crippen molar-refractivity contribution in [2.75, 3.05) is 0 Å². The summed E-state index contributed by atoms with van der Waals surface area (Å²) in [5.74, 6) is -0.468. The van der Waals surface area contributed by atoms with E-state index in [0.717, 1.165) is 12.0 Å². The van der Waals surface area contributed by atoms with E-state index >= 15 is 0 Å². The van der Waals surface area contributed by atoms with Gasteiger partial charge < -0.3 is 15.3 Å². The molecule has 3 nitrogen and oxygen atoms in total. The minimum atomic E-state index is -0.265. The van der Waals surface area contributed by atoms with Crippen molar-refractivity contribution >= 4 is 5.57 Å². The van der Waals surface area contributed by atoms with E-state index in [0.29, 0.717) is 11.1 Å². The molecule has 0 fully saturated rings. The summed E-state index contributed by atoms with van der Waals surface area (Å²) in [5, 5.41) is 29.4. The van der Waals surface area contributed by atoms with Crippen LogP contribution in [0.4, 0.5) is 0 Å². The van der Waals surface area contributed by atoms with E-state index in [1.165, 1.54) is 11.6 Å². The average molecular weight is 248 g/mol. The summed E-state index contributed by atoms with van der Waals surface area (Å²) in [6.45, 7) is 7.44. The number of phenolic OH excluding ortho intramolecular Hbond substituents is 3. The summed E-state index contributed by atoms with van der Waals surface area (Å²) in [5.41, 5.74) is 2.68. The number of phenols is 3. The number of hydrogen-bond donors (Lipinski definition) is 3. The summed E-state index contributed by atoms with van der Waals surface area (Å²) in [6.07, 6.45) is 4.67. The van der Waals surface area contributed by atoms with Crippen molar-refractivity contribution in [3.8, 4) is 17.2 Å². The predicted octanol–water partition coefficient (Wildman–Crippen LogP) is 3.87. The van der Waals surface area contributed by atoms with Crippen LogP contribution in [0, 0.1) is 6.92 Å². The molecule has 0 aromatic heterocycles. The second-order valence-electron chi connectivity index (χ2n) is 4.69. The van der Waals surface area contributed by atoms with Crippen LogP contribution in [0.5, 0.6) is 17.2 Å². The van der Waals surface area contributed by atoms with Crippen molar-refractivity contribution < 1.29 is 15.3 Å². The molecule has 0 heterocycles. The number of allylic oxidation sites excluding steroid dienone is 4. The van der Waals surface area contributed by atoms with E-state index in [1.807, 2.05) is 26.0 Å². The van der Waals surface area contributed by atoms with Gasteiger partial charge in [-0.1, -0.05) is 17.7 Å². The zero-order valence-electron chi connectivity index (χ0n) is 11.3. The van der Waals surface area contributed by atoms with E-state index in [-0.39, 0.29) is 17.2 Å². The van der Waals surface area contributed by atoms with Crippen LogP contribution in [0.15, 0.2) is 23.8 Å². The highest BCUT2D eigenvalue weighted by Gasteiger charge is 2.15. The van der Waals surface area contributed by atoms with Crippen LogP contribution in [0.1, 0.15) is 38.3 Å². The Morgan fingerprint density at radius 2 is 1.67 bits per heavy atom. The first-order valence-corrected chi connectivity index (χ1v) is 5.89. The molecule has 1 aromatic rings. The lowest BCUT2D eigenvalue weighted by molar-refractivity contribution is 0.392. The van der Waals surface area contributed by atoms with Gasteiger partial charge in [0, 0.05) is 0 Å². The molecule has 18 heavy (non-hydrogen) atoms. The molecular formula is C15H20O3. The monoisotopic (exact) mass is 248 g/mol. The minimum absolute atomic E-state index is 0.0197. The molecular weight excluding hydrogens is 228 g/mol. The molecule has 0 saturated carbocycles. The third kappa shape index (κ3) is 3.06. The Bertz CT molecular complexity index is 507. The molecule has 0 amide bonds. The van der Waals surface area contributed by atoms with Crippen molar-refractivity contribution in [3.05, 3.63) is 34.9 Å². The summed E-state index contributed by atoms with van der Waals surface area (Å²) >= 11 is 0. The Labute approximate surface area is 108 Å². The van der Waals surface area contributed by atoms with Gasteiger partial charge >= 0.3 is 0 Å². The minimum Gasteiger partial charge on any atom is -0.507 e. The van der Waals surface area contributed by atoms with Crippen LogP contribution in [0.3, 0.4) is 0 Å². The molecule has 0 unspecified atom stereocenters. The van der Waals surface area contributed by atoms with Crippen LogP contribution in [-0.4, -0.2) is 15.3 Å². The molecule has 0 radical (unpaired) electrons. The summed E-state index contributed by atoms with van der Waals surface area (Å²) in [4.78, 5) is 0. The number of rotatable bonds is 3. The maximum Gasteiger partial charge on any atom is 0.169 e.